The molecule has 2 saturated carbocycles. The first-order valence-corrected chi connectivity index (χ1v) is 11.2. The van der Waals surface area contributed by atoms with Crippen molar-refractivity contribution in [1.29, 1.82) is 0 Å². The molecule has 0 bridgehead atoms. The lowest BCUT2D eigenvalue weighted by atomic mass is 9.69. The fraction of sp³-hybridized carbons (Fsp3) is 1.00. The highest BCUT2D eigenvalue weighted by Gasteiger charge is 2.35. The largest absolute Gasteiger partial charge is 0.379 e. The molecular formula is C21H39N3O. The van der Waals surface area contributed by atoms with Crippen molar-refractivity contribution in [2.75, 3.05) is 45.9 Å². The van der Waals surface area contributed by atoms with E-state index in [2.05, 4.69) is 15.3 Å². The highest BCUT2D eigenvalue weighted by molar-refractivity contribution is 4.88. The minimum atomic E-state index is 0.760. The molecule has 1 N–H and O–H groups in total. The summed E-state index contributed by atoms with van der Waals surface area (Å²) in [4.78, 5) is 2.55. The van der Waals surface area contributed by atoms with Gasteiger partial charge in [-0.2, -0.15) is 0 Å². The average molecular weight is 350 g/mol. The Morgan fingerprint density at radius 3 is 2.32 bits per heavy atom. The Labute approximate surface area is 154 Å². The lowest BCUT2D eigenvalue weighted by Crippen LogP contribution is -2.46. The second-order valence-corrected chi connectivity index (χ2v) is 9.05. The van der Waals surface area contributed by atoms with Crippen LogP contribution in [0.3, 0.4) is 0 Å². The molecule has 4 aliphatic rings. The van der Waals surface area contributed by atoms with Crippen LogP contribution in [0.15, 0.2) is 0 Å². The Morgan fingerprint density at radius 1 is 0.720 bits per heavy atom. The van der Waals surface area contributed by atoms with E-state index < -0.39 is 0 Å². The molecule has 0 amide bonds. The van der Waals surface area contributed by atoms with Crippen LogP contribution in [0.5, 0.6) is 0 Å². The van der Waals surface area contributed by atoms with Gasteiger partial charge in [-0.1, -0.05) is 44.9 Å². The van der Waals surface area contributed by atoms with Crippen molar-refractivity contribution in [1.82, 2.24) is 15.3 Å². The SMILES string of the molecule is C1CCC(C2CCCC(C3CCN(CCN4CCOCC4)N3)C2)CC1. The van der Waals surface area contributed by atoms with Crippen molar-refractivity contribution in [3.63, 3.8) is 0 Å². The Morgan fingerprint density at radius 2 is 1.48 bits per heavy atom. The van der Waals surface area contributed by atoms with Crippen molar-refractivity contribution in [2.24, 2.45) is 17.8 Å². The number of hydrogen-bond acceptors (Lipinski definition) is 4. The monoisotopic (exact) mass is 349 g/mol. The molecular weight excluding hydrogens is 310 g/mol. The first kappa shape index (κ1) is 18.2. The van der Waals surface area contributed by atoms with Crippen LogP contribution in [-0.2, 0) is 4.74 Å². The number of nitrogens with one attached hydrogen (secondary N) is 1. The molecule has 2 saturated heterocycles. The molecule has 3 unspecified atom stereocenters. The zero-order valence-corrected chi connectivity index (χ0v) is 16.1. The molecule has 4 rings (SSSR count). The summed E-state index contributed by atoms with van der Waals surface area (Å²) in [5, 5.41) is 2.52. The van der Waals surface area contributed by atoms with Crippen LogP contribution in [0.1, 0.15) is 64.2 Å². The molecule has 4 nitrogen and oxygen atoms in total. The lowest BCUT2D eigenvalue weighted by molar-refractivity contribution is 0.0312. The average Bonchev–Trinajstić information content (AvgIpc) is 3.17. The van der Waals surface area contributed by atoms with E-state index in [0.717, 1.165) is 50.1 Å². The molecule has 0 aromatic rings. The third-order valence-electron chi connectivity index (χ3n) is 7.49. The second kappa shape index (κ2) is 9.16. The van der Waals surface area contributed by atoms with Gasteiger partial charge in [0.2, 0.25) is 0 Å². The molecule has 4 fully saturated rings. The van der Waals surface area contributed by atoms with Crippen LogP contribution in [-0.4, -0.2) is 61.9 Å². The summed E-state index contributed by atoms with van der Waals surface area (Å²) in [6, 6.07) is 0.760. The van der Waals surface area contributed by atoms with Gasteiger partial charge in [-0.15, -0.1) is 0 Å². The first-order chi connectivity index (χ1) is 12.4. The van der Waals surface area contributed by atoms with Crippen LogP contribution in [0.25, 0.3) is 0 Å². The summed E-state index contributed by atoms with van der Waals surface area (Å²) in [5.41, 5.74) is 3.90. The van der Waals surface area contributed by atoms with E-state index in [1.54, 1.807) is 0 Å². The van der Waals surface area contributed by atoms with E-state index in [9.17, 15) is 0 Å². The van der Waals surface area contributed by atoms with E-state index in [1.165, 1.54) is 83.8 Å². The summed E-state index contributed by atoms with van der Waals surface area (Å²) in [5.74, 6) is 3.05. The molecule has 0 radical (unpaired) electrons. The van der Waals surface area contributed by atoms with E-state index in [0.29, 0.717) is 0 Å². The number of ether oxygens (including phenoxy) is 1. The maximum Gasteiger partial charge on any atom is 0.0594 e. The summed E-state index contributed by atoms with van der Waals surface area (Å²) in [6.07, 6.45) is 14.9. The van der Waals surface area contributed by atoms with Crippen molar-refractivity contribution in [3.8, 4) is 0 Å². The van der Waals surface area contributed by atoms with E-state index in [1.807, 2.05) is 0 Å². The minimum Gasteiger partial charge on any atom is -0.379 e. The predicted molar refractivity (Wildman–Crippen MR) is 102 cm³/mol. The standard InChI is InChI=1S/C21H39N3O/c1-2-5-18(6-3-1)19-7-4-8-20(17-19)21-9-10-24(22-21)12-11-23-13-15-25-16-14-23/h18-22H,1-17H2. The Bertz CT molecular complexity index is 393. The molecule has 144 valence electrons. The number of nitrogens with zero attached hydrogens (tertiary/aromatic N) is 2. The van der Waals surface area contributed by atoms with Gasteiger partial charge in [0, 0.05) is 38.8 Å². The van der Waals surface area contributed by atoms with Crippen molar-refractivity contribution < 1.29 is 4.74 Å². The van der Waals surface area contributed by atoms with Crippen LogP contribution < -0.4 is 5.43 Å². The van der Waals surface area contributed by atoms with Crippen molar-refractivity contribution >= 4 is 0 Å². The molecule has 0 aromatic carbocycles. The third-order valence-corrected chi connectivity index (χ3v) is 7.49. The Balaban J connectivity index is 1.20. The van der Waals surface area contributed by atoms with Crippen LogP contribution in [0, 0.1) is 17.8 Å². The van der Waals surface area contributed by atoms with Gasteiger partial charge < -0.3 is 4.74 Å². The van der Waals surface area contributed by atoms with Crippen molar-refractivity contribution in [2.45, 2.75) is 70.3 Å². The van der Waals surface area contributed by atoms with Gasteiger partial charge in [-0.05, 0) is 37.0 Å². The fourth-order valence-corrected chi connectivity index (χ4v) is 5.93. The Kier molecular flexibility index (Phi) is 6.68. The molecule has 0 aromatic heterocycles. The highest BCUT2D eigenvalue weighted by Crippen LogP contribution is 2.42. The highest BCUT2D eigenvalue weighted by atomic mass is 16.5. The molecule has 0 spiro atoms. The quantitative estimate of drug-likeness (QED) is 0.824. The van der Waals surface area contributed by atoms with Gasteiger partial charge >= 0.3 is 0 Å². The van der Waals surface area contributed by atoms with Crippen molar-refractivity contribution in [3.05, 3.63) is 0 Å². The molecule has 3 atom stereocenters. The van der Waals surface area contributed by atoms with Gasteiger partial charge in [0.15, 0.2) is 0 Å². The third kappa shape index (κ3) is 4.97. The van der Waals surface area contributed by atoms with Gasteiger partial charge in [0.05, 0.1) is 13.2 Å². The summed E-state index contributed by atoms with van der Waals surface area (Å²) in [7, 11) is 0. The topological polar surface area (TPSA) is 27.7 Å². The second-order valence-electron chi connectivity index (χ2n) is 9.05. The van der Waals surface area contributed by atoms with Crippen LogP contribution >= 0.6 is 0 Å². The fourth-order valence-electron chi connectivity index (χ4n) is 5.93. The van der Waals surface area contributed by atoms with E-state index in [-0.39, 0.29) is 0 Å². The zero-order chi connectivity index (χ0) is 16.9. The first-order valence-electron chi connectivity index (χ1n) is 11.2. The zero-order valence-electron chi connectivity index (χ0n) is 16.1. The number of hydrogen-bond donors (Lipinski definition) is 1. The maximum atomic E-state index is 5.46. The maximum absolute atomic E-state index is 5.46. The van der Waals surface area contributed by atoms with E-state index >= 15 is 0 Å². The molecule has 2 heterocycles. The van der Waals surface area contributed by atoms with Crippen LogP contribution in [0.2, 0.25) is 0 Å². The van der Waals surface area contributed by atoms with E-state index in [4.69, 9.17) is 4.74 Å². The molecule has 2 aliphatic heterocycles. The van der Waals surface area contributed by atoms with Crippen LogP contribution in [0.4, 0.5) is 0 Å². The molecule has 2 aliphatic carbocycles. The smallest absolute Gasteiger partial charge is 0.0594 e. The molecule has 4 heteroatoms. The molecule has 25 heavy (non-hydrogen) atoms. The lowest BCUT2D eigenvalue weighted by Gasteiger charge is -2.38. The number of rotatable bonds is 5. The predicted octanol–water partition coefficient (Wildman–Crippen LogP) is 3.28. The summed E-state index contributed by atoms with van der Waals surface area (Å²) in [6.45, 7) is 7.68. The summed E-state index contributed by atoms with van der Waals surface area (Å²) < 4.78 is 5.46. The summed E-state index contributed by atoms with van der Waals surface area (Å²) >= 11 is 0. The Hall–Kier alpha value is -0.160. The minimum absolute atomic E-state index is 0.760. The number of morpholine rings is 1. The number of hydrazine groups is 1. The van der Waals surface area contributed by atoms with Gasteiger partial charge in [0.25, 0.3) is 0 Å². The normalized spacial score (nSPS) is 36.7. The van der Waals surface area contributed by atoms with Gasteiger partial charge in [-0.25, -0.2) is 5.01 Å². The van der Waals surface area contributed by atoms with Gasteiger partial charge in [0.1, 0.15) is 0 Å². The van der Waals surface area contributed by atoms with Gasteiger partial charge in [-0.3, -0.25) is 10.3 Å².